The second-order valence-electron chi connectivity index (χ2n) is 4.71. The molecule has 0 aromatic heterocycles. The van der Waals surface area contributed by atoms with Crippen LogP contribution in [0.15, 0.2) is 12.1 Å². The van der Waals surface area contributed by atoms with E-state index >= 15 is 0 Å². The van der Waals surface area contributed by atoms with Gasteiger partial charge in [-0.15, -0.1) is 0 Å². The summed E-state index contributed by atoms with van der Waals surface area (Å²) in [7, 11) is 0. The van der Waals surface area contributed by atoms with Gasteiger partial charge in [0.25, 0.3) is 0 Å². The normalized spacial score (nSPS) is 20.4. The van der Waals surface area contributed by atoms with Gasteiger partial charge in [-0.3, -0.25) is 0 Å². The van der Waals surface area contributed by atoms with E-state index < -0.39 is 0 Å². The molecule has 14 heavy (non-hydrogen) atoms. The molecule has 0 radical (unpaired) electrons. The average molecular weight is 189 g/mol. The van der Waals surface area contributed by atoms with Crippen LogP contribution in [0.4, 0.5) is 17.1 Å². The van der Waals surface area contributed by atoms with Crippen molar-refractivity contribution in [2.75, 3.05) is 29.2 Å². The summed E-state index contributed by atoms with van der Waals surface area (Å²) in [5.74, 6) is 0. The van der Waals surface area contributed by atoms with Crippen LogP contribution in [0.3, 0.4) is 0 Å². The number of fused-ring (bicyclic) bond motifs is 2. The lowest BCUT2D eigenvalue weighted by Gasteiger charge is -2.17. The third-order valence-corrected chi connectivity index (χ3v) is 3.17. The minimum absolute atomic E-state index is 0.259. The molecule has 0 amide bonds. The summed E-state index contributed by atoms with van der Waals surface area (Å²) in [6.07, 6.45) is 0. The summed E-state index contributed by atoms with van der Waals surface area (Å²) < 4.78 is 0. The first-order valence-electron chi connectivity index (χ1n) is 5.07. The number of nitrogens with one attached hydrogen (secondary N) is 3. The van der Waals surface area contributed by atoms with Crippen molar-refractivity contribution in [2.24, 2.45) is 0 Å². The van der Waals surface area contributed by atoms with Crippen LogP contribution in [-0.4, -0.2) is 13.2 Å². The maximum Gasteiger partial charge on any atom is 0.0850 e. The molecule has 0 aliphatic carbocycles. The molecule has 3 N–H and O–H groups in total. The second kappa shape index (κ2) is 2.35. The topological polar surface area (TPSA) is 36.1 Å². The van der Waals surface area contributed by atoms with Crippen molar-refractivity contribution in [1.82, 2.24) is 0 Å². The summed E-state index contributed by atoms with van der Waals surface area (Å²) in [5, 5.41) is 10.1. The van der Waals surface area contributed by atoms with E-state index in [0.717, 1.165) is 13.2 Å². The summed E-state index contributed by atoms with van der Waals surface area (Å²) in [6.45, 7) is 6.44. The predicted molar refractivity (Wildman–Crippen MR) is 60.1 cm³/mol. The molecule has 2 aliphatic rings. The predicted octanol–water partition coefficient (Wildman–Crippen LogP) is 2.18. The highest BCUT2D eigenvalue weighted by Crippen LogP contribution is 2.42. The standard InChI is InChI=1S/C11H15N3/c1-11(2)5-12-8-4-10-9(3-7(8)11)13-6-14-10/h3-4,12-14H,5-6H2,1-2H3. The van der Waals surface area contributed by atoms with Gasteiger partial charge in [-0.1, -0.05) is 13.8 Å². The Kier molecular flexibility index (Phi) is 1.34. The number of hydrogen-bond donors (Lipinski definition) is 3. The van der Waals surface area contributed by atoms with Gasteiger partial charge >= 0.3 is 0 Å². The van der Waals surface area contributed by atoms with Gasteiger partial charge in [0.1, 0.15) is 0 Å². The summed E-state index contributed by atoms with van der Waals surface area (Å²) in [4.78, 5) is 0. The minimum Gasteiger partial charge on any atom is -0.384 e. The van der Waals surface area contributed by atoms with Crippen molar-refractivity contribution in [3.63, 3.8) is 0 Å². The van der Waals surface area contributed by atoms with Crippen molar-refractivity contribution < 1.29 is 0 Å². The Hall–Kier alpha value is -1.38. The maximum atomic E-state index is 3.45. The lowest BCUT2D eigenvalue weighted by Crippen LogP contribution is -2.18. The quantitative estimate of drug-likeness (QED) is 0.585. The van der Waals surface area contributed by atoms with Crippen LogP contribution in [0.2, 0.25) is 0 Å². The molecule has 2 aliphatic heterocycles. The third-order valence-electron chi connectivity index (χ3n) is 3.17. The van der Waals surface area contributed by atoms with E-state index in [1.54, 1.807) is 0 Å². The molecule has 0 fully saturated rings. The van der Waals surface area contributed by atoms with Gasteiger partial charge < -0.3 is 16.0 Å². The Bertz CT molecular complexity index is 396. The van der Waals surface area contributed by atoms with Gasteiger partial charge in [0.05, 0.1) is 18.0 Å². The zero-order valence-electron chi connectivity index (χ0n) is 8.57. The third kappa shape index (κ3) is 0.924. The highest BCUT2D eigenvalue weighted by atomic mass is 15.1. The van der Waals surface area contributed by atoms with Crippen molar-refractivity contribution in [3.05, 3.63) is 17.7 Å². The van der Waals surface area contributed by atoms with E-state index in [1.165, 1.54) is 22.6 Å². The van der Waals surface area contributed by atoms with E-state index in [1.807, 2.05) is 0 Å². The molecule has 0 bridgehead atoms. The molecule has 0 spiro atoms. The Labute approximate surface area is 83.9 Å². The monoisotopic (exact) mass is 189 g/mol. The highest BCUT2D eigenvalue weighted by Gasteiger charge is 2.31. The Morgan fingerprint density at radius 1 is 1.00 bits per heavy atom. The molecule has 1 aromatic carbocycles. The van der Waals surface area contributed by atoms with E-state index in [2.05, 4.69) is 41.9 Å². The van der Waals surface area contributed by atoms with Crippen LogP contribution < -0.4 is 16.0 Å². The Morgan fingerprint density at radius 3 is 2.50 bits per heavy atom. The van der Waals surface area contributed by atoms with Crippen molar-refractivity contribution in [1.29, 1.82) is 0 Å². The van der Waals surface area contributed by atoms with E-state index in [9.17, 15) is 0 Å². The molecule has 0 atom stereocenters. The number of rotatable bonds is 0. The summed E-state index contributed by atoms with van der Waals surface area (Å²) in [6, 6.07) is 4.48. The molecular formula is C11H15N3. The van der Waals surface area contributed by atoms with Gasteiger partial charge in [-0.25, -0.2) is 0 Å². The average Bonchev–Trinajstić information content (AvgIpc) is 2.69. The first-order chi connectivity index (χ1) is 6.67. The van der Waals surface area contributed by atoms with Crippen LogP contribution in [0.1, 0.15) is 19.4 Å². The molecule has 2 heterocycles. The summed E-state index contributed by atoms with van der Waals surface area (Å²) >= 11 is 0. The van der Waals surface area contributed by atoms with Gasteiger partial charge in [-0.2, -0.15) is 0 Å². The molecule has 74 valence electrons. The zero-order valence-corrected chi connectivity index (χ0v) is 8.57. The lowest BCUT2D eigenvalue weighted by molar-refractivity contribution is 0.586. The molecule has 3 rings (SSSR count). The minimum atomic E-state index is 0.259. The van der Waals surface area contributed by atoms with Crippen molar-refractivity contribution in [3.8, 4) is 0 Å². The Morgan fingerprint density at radius 2 is 1.71 bits per heavy atom. The summed E-state index contributed by atoms with van der Waals surface area (Å²) in [5.41, 5.74) is 5.42. The van der Waals surface area contributed by atoms with Gasteiger partial charge in [0, 0.05) is 17.6 Å². The highest BCUT2D eigenvalue weighted by molar-refractivity contribution is 5.81. The fourth-order valence-electron chi connectivity index (χ4n) is 2.24. The van der Waals surface area contributed by atoms with Gasteiger partial charge in [-0.05, 0) is 17.7 Å². The molecular weight excluding hydrogens is 174 g/mol. The maximum absolute atomic E-state index is 3.45. The zero-order chi connectivity index (χ0) is 9.76. The first-order valence-corrected chi connectivity index (χ1v) is 5.07. The van der Waals surface area contributed by atoms with Crippen LogP contribution in [0.25, 0.3) is 0 Å². The first kappa shape index (κ1) is 7.97. The van der Waals surface area contributed by atoms with Crippen molar-refractivity contribution >= 4 is 17.1 Å². The van der Waals surface area contributed by atoms with Gasteiger partial charge in [0.2, 0.25) is 0 Å². The Balaban J connectivity index is 2.18. The fourth-order valence-corrected chi connectivity index (χ4v) is 2.24. The van der Waals surface area contributed by atoms with Crippen LogP contribution in [0, 0.1) is 0 Å². The van der Waals surface area contributed by atoms with Crippen molar-refractivity contribution in [2.45, 2.75) is 19.3 Å². The molecule has 0 unspecified atom stereocenters. The smallest absolute Gasteiger partial charge is 0.0850 e. The molecule has 0 saturated heterocycles. The van der Waals surface area contributed by atoms with Crippen LogP contribution in [0.5, 0.6) is 0 Å². The lowest BCUT2D eigenvalue weighted by atomic mass is 9.86. The largest absolute Gasteiger partial charge is 0.384 e. The van der Waals surface area contributed by atoms with Gasteiger partial charge in [0.15, 0.2) is 0 Å². The molecule has 3 heteroatoms. The number of hydrogen-bond acceptors (Lipinski definition) is 3. The molecule has 3 nitrogen and oxygen atoms in total. The second-order valence-corrected chi connectivity index (χ2v) is 4.71. The van der Waals surface area contributed by atoms with E-state index in [0.29, 0.717) is 0 Å². The molecule has 1 aromatic rings. The molecule has 0 saturated carbocycles. The van der Waals surface area contributed by atoms with E-state index in [-0.39, 0.29) is 5.41 Å². The van der Waals surface area contributed by atoms with Crippen LogP contribution >= 0.6 is 0 Å². The SMILES string of the molecule is CC1(C)CNc2cc3c(cc21)NCN3. The number of benzene rings is 1. The fraction of sp³-hybridized carbons (Fsp3) is 0.455. The van der Waals surface area contributed by atoms with E-state index in [4.69, 9.17) is 0 Å². The number of anilines is 3. The van der Waals surface area contributed by atoms with Crippen LogP contribution in [-0.2, 0) is 5.41 Å².